The molecule has 0 aliphatic rings. The van der Waals surface area contributed by atoms with E-state index in [9.17, 15) is 5.11 Å². The molecule has 3 nitrogen and oxygen atoms in total. The van der Waals surface area contributed by atoms with Gasteiger partial charge in [0.05, 0.1) is 5.60 Å². The molecule has 1 atom stereocenters. The number of hydrogen-bond acceptors (Lipinski definition) is 3. The molecule has 1 aromatic rings. The van der Waals surface area contributed by atoms with Gasteiger partial charge in [-0.25, -0.2) is 0 Å². The molecular formula is C12H20N2O. The third-order valence-corrected chi connectivity index (χ3v) is 2.58. The highest BCUT2D eigenvalue weighted by Gasteiger charge is 2.15. The first-order chi connectivity index (χ1) is 7.14. The monoisotopic (exact) mass is 208 g/mol. The van der Waals surface area contributed by atoms with Crippen molar-refractivity contribution in [1.29, 1.82) is 0 Å². The molecule has 1 heterocycles. The van der Waals surface area contributed by atoms with Crippen LogP contribution in [0.25, 0.3) is 0 Å². The van der Waals surface area contributed by atoms with Crippen LogP contribution in [0, 0.1) is 0 Å². The van der Waals surface area contributed by atoms with E-state index in [0.29, 0.717) is 6.54 Å². The Bertz CT molecular complexity index is 272. The SMILES string of the molecule is CCC(C)(O)CNCCc1cccnc1. The Morgan fingerprint density at radius 1 is 1.53 bits per heavy atom. The van der Waals surface area contributed by atoms with Gasteiger partial charge in [-0.2, -0.15) is 0 Å². The summed E-state index contributed by atoms with van der Waals surface area (Å²) in [5.41, 5.74) is 0.635. The summed E-state index contributed by atoms with van der Waals surface area (Å²) in [5, 5.41) is 13.0. The van der Waals surface area contributed by atoms with Gasteiger partial charge >= 0.3 is 0 Å². The minimum Gasteiger partial charge on any atom is -0.389 e. The van der Waals surface area contributed by atoms with E-state index in [4.69, 9.17) is 0 Å². The average Bonchev–Trinajstić information content (AvgIpc) is 2.26. The first-order valence-corrected chi connectivity index (χ1v) is 5.46. The first-order valence-electron chi connectivity index (χ1n) is 5.46. The minimum absolute atomic E-state index is 0.588. The van der Waals surface area contributed by atoms with Gasteiger partial charge in [0, 0.05) is 18.9 Å². The maximum atomic E-state index is 9.75. The summed E-state index contributed by atoms with van der Waals surface area (Å²) in [4.78, 5) is 4.05. The molecule has 0 saturated carbocycles. The zero-order valence-corrected chi connectivity index (χ0v) is 9.53. The fourth-order valence-corrected chi connectivity index (χ4v) is 1.26. The lowest BCUT2D eigenvalue weighted by Crippen LogP contribution is -2.37. The third-order valence-electron chi connectivity index (χ3n) is 2.58. The van der Waals surface area contributed by atoms with Crippen LogP contribution in [0.4, 0.5) is 0 Å². The second kappa shape index (κ2) is 5.83. The molecule has 15 heavy (non-hydrogen) atoms. The summed E-state index contributed by atoms with van der Waals surface area (Å²) in [6.45, 7) is 5.36. The van der Waals surface area contributed by atoms with Crippen LogP contribution in [-0.2, 0) is 6.42 Å². The molecule has 0 bridgehead atoms. The molecule has 1 aromatic heterocycles. The topological polar surface area (TPSA) is 45.1 Å². The molecule has 3 heteroatoms. The number of rotatable bonds is 6. The van der Waals surface area contributed by atoms with E-state index in [1.807, 2.05) is 26.1 Å². The van der Waals surface area contributed by atoms with Crippen LogP contribution < -0.4 is 5.32 Å². The van der Waals surface area contributed by atoms with Gasteiger partial charge in [0.1, 0.15) is 0 Å². The Morgan fingerprint density at radius 2 is 2.33 bits per heavy atom. The molecule has 0 saturated heterocycles. The average molecular weight is 208 g/mol. The number of nitrogens with zero attached hydrogens (tertiary/aromatic N) is 1. The van der Waals surface area contributed by atoms with E-state index in [1.54, 1.807) is 6.20 Å². The molecule has 0 fully saturated rings. The predicted octanol–water partition coefficient (Wildman–Crippen LogP) is 1.37. The smallest absolute Gasteiger partial charge is 0.0740 e. The summed E-state index contributed by atoms with van der Waals surface area (Å²) in [5.74, 6) is 0. The Balaban J connectivity index is 2.18. The Hall–Kier alpha value is -0.930. The van der Waals surface area contributed by atoms with Crippen LogP contribution in [0.3, 0.4) is 0 Å². The molecule has 0 aliphatic carbocycles. The van der Waals surface area contributed by atoms with Crippen molar-refractivity contribution in [2.75, 3.05) is 13.1 Å². The summed E-state index contributed by atoms with van der Waals surface area (Å²) in [6.07, 6.45) is 5.37. The fourth-order valence-electron chi connectivity index (χ4n) is 1.26. The van der Waals surface area contributed by atoms with Crippen LogP contribution in [-0.4, -0.2) is 28.8 Å². The number of aliphatic hydroxyl groups is 1. The maximum Gasteiger partial charge on any atom is 0.0740 e. The normalized spacial score (nSPS) is 14.9. The Kier molecular flexibility index (Phi) is 4.72. The van der Waals surface area contributed by atoms with Crippen molar-refractivity contribution >= 4 is 0 Å². The molecule has 0 radical (unpaired) electrons. The molecule has 2 N–H and O–H groups in total. The molecule has 84 valence electrons. The van der Waals surface area contributed by atoms with E-state index >= 15 is 0 Å². The largest absolute Gasteiger partial charge is 0.389 e. The van der Waals surface area contributed by atoms with Crippen LogP contribution in [0.1, 0.15) is 25.8 Å². The molecule has 0 spiro atoms. The van der Waals surface area contributed by atoms with Crippen molar-refractivity contribution in [3.63, 3.8) is 0 Å². The highest BCUT2D eigenvalue weighted by Crippen LogP contribution is 2.05. The number of nitrogens with one attached hydrogen (secondary N) is 1. The lowest BCUT2D eigenvalue weighted by molar-refractivity contribution is 0.0561. The van der Waals surface area contributed by atoms with Gasteiger partial charge in [-0.05, 0) is 37.9 Å². The van der Waals surface area contributed by atoms with E-state index < -0.39 is 5.60 Å². The quantitative estimate of drug-likeness (QED) is 0.694. The summed E-state index contributed by atoms with van der Waals surface area (Å²) < 4.78 is 0. The number of hydrogen-bond donors (Lipinski definition) is 2. The summed E-state index contributed by atoms with van der Waals surface area (Å²) in [7, 11) is 0. The highest BCUT2D eigenvalue weighted by atomic mass is 16.3. The van der Waals surface area contributed by atoms with Crippen molar-refractivity contribution in [2.24, 2.45) is 0 Å². The second-order valence-electron chi connectivity index (χ2n) is 4.14. The van der Waals surface area contributed by atoms with E-state index in [0.717, 1.165) is 19.4 Å². The van der Waals surface area contributed by atoms with Gasteiger partial charge < -0.3 is 10.4 Å². The first kappa shape index (κ1) is 12.1. The third kappa shape index (κ3) is 4.91. The van der Waals surface area contributed by atoms with Crippen LogP contribution in [0.2, 0.25) is 0 Å². The Labute approximate surface area is 91.5 Å². The van der Waals surface area contributed by atoms with Gasteiger partial charge in [0.15, 0.2) is 0 Å². The summed E-state index contributed by atoms with van der Waals surface area (Å²) >= 11 is 0. The van der Waals surface area contributed by atoms with Gasteiger partial charge in [0.2, 0.25) is 0 Å². The van der Waals surface area contributed by atoms with E-state index in [-0.39, 0.29) is 0 Å². The zero-order chi connectivity index (χ0) is 11.1. The van der Waals surface area contributed by atoms with Crippen LogP contribution in [0.5, 0.6) is 0 Å². The molecular weight excluding hydrogens is 188 g/mol. The minimum atomic E-state index is -0.588. The second-order valence-corrected chi connectivity index (χ2v) is 4.14. The molecule has 0 amide bonds. The van der Waals surface area contributed by atoms with Crippen molar-refractivity contribution in [3.05, 3.63) is 30.1 Å². The lowest BCUT2D eigenvalue weighted by Gasteiger charge is -2.21. The van der Waals surface area contributed by atoms with Crippen molar-refractivity contribution in [1.82, 2.24) is 10.3 Å². The fraction of sp³-hybridized carbons (Fsp3) is 0.583. The van der Waals surface area contributed by atoms with Crippen molar-refractivity contribution in [3.8, 4) is 0 Å². The zero-order valence-electron chi connectivity index (χ0n) is 9.53. The van der Waals surface area contributed by atoms with Gasteiger partial charge in [-0.1, -0.05) is 13.0 Å². The molecule has 1 unspecified atom stereocenters. The van der Waals surface area contributed by atoms with Crippen molar-refractivity contribution < 1.29 is 5.11 Å². The van der Waals surface area contributed by atoms with E-state index in [1.165, 1.54) is 5.56 Å². The van der Waals surface area contributed by atoms with Gasteiger partial charge in [0.25, 0.3) is 0 Å². The van der Waals surface area contributed by atoms with Crippen LogP contribution >= 0.6 is 0 Å². The van der Waals surface area contributed by atoms with Gasteiger partial charge in [-0.15, -0.1) is 0 Å². The van der Waals surface area contributed by atoms with Crippen molar-refractivity contribution in [2.45, 2.75) is 32.3 Å². The Morgan fingerprint density at radius 3 is 2.93 bits per heavy atom. The number of pyridine rings is 1. The lowest BCUT2D eigenvalue weighted by atomic mass is 10.0. The standard InChI is InChI=1S/C12H20N2O/c1-3-12(2,15)10-14-8-6-11-5-4-7-13-9-11/h4-5,7,9,14-15H,3,6,8,10H2,1-2H3. The molecule has 0 aromatic carbocycles. The van der Waals surface area contributed by atoms with Gasteiger partial charge in [-0.3, -0.25) is 4.98 Å². The van der Waals surface area contributed by atoms with Crippen LogP contribution in [0.15, 0.2) is 24.5 Å². The number of aromatic nitrogens is 1. The van der Waals surface area contributed by atoms with E-state index in [2.05, 4.69) is 16.4 Å². The molecule has 0 aliphatic heterocycles. The predicted molar refractivity (Wildman–Crippen MR) is 61.7 cm³/mol. The maximum absolute atomic E-state index is 9.75. The molecule has 1 rings (SSSR count). The highest BCUT2D eigenvalue weighted by molar-refractivity contribution is 5.08. The summed E-state index contributed by atoms with van der Waals surface area (Å²) in [6, 6.07) is 4.00.